The largest absolute Gasteiger partial charge is 0.427 e. The molecule has 0 aromatic rings. The fourth-order valence-corrected chi connectivity index (χ4v) is 0.831. The van der Waals surface area contributed by atoms with Crippen molar-refractivity contribution in [2.75, 3.05) is 0 Å². The molecular weight excluding hydrogens is 128 g/mol. The Bertz CT molecular complexity index is 189. The van der Waals surface area contributed by atoms with Gasteiger partial charge in [-0.1, -0.05) is 6.08 Å². The molecule has 1 aliphatic carbocycles. The molecule has 0 amide bonds. The molecule has 0 aromatic carbocycles. The third kappa shape index (κ3) is 2.05. The summed E-state index contributed by atoms with van der Waals surface area (Å²) in [5.41, 5.74) is 0. The average molecular weight is 138 g/mol. The lowest BCUT2D eigenvalue weighted by Gasteiger charge is -2.04. The summed E-state index contributed by atoms with van der Waals surface area (Å²) >= 11 is 0. The van der Waals surface area contributed by atoms with Gasteiger partial charge in [0.25, 0.3) is 0 Å². The summed E-state index contributed by atoms with van der Waals surface area (Å²) in [5.74, 6) is 0.427. The van der Waals surface area contributed by atoms with Crippen LogP contribution < -0.4 is 0 Å². The molecule has 0 saturated heterocycles. The summed E-state index contributed by atoms with van der Waals surface area (Å²) in [6.45, 7) is 1.41. The molecule has 0 fully saturated rings. The molecule has 1 rings (SSSR count). The van der Waals surface area contributed by atoms with Gasteiger partial charge in [0.15, 0.2) is 0 Å². The summed E-state index contributed by atoms with van der Waals surface area (Å²) in [7, 11) is 0. The Kier molecular flexibility index (Phi) is 2.26. The second-order valence-electron chi connectivity index (χ2n) is 2.18. The predicted octanol–water partition coefficient (Wildman–Crippen LogP) is 1.78. The zero-order valence-electron chi connectivity index (χ0n) is 5.96. The van der Waals surface area contributed by atoms with Crippen LogP contribution in [-0.4, -0.2) is 5.97 Å². The molecule has 0 heterocycles. The quantitative estimate of drug-likeness (QED) is 0.516. The molecule has 2 heteroatoms. The average Bonchev–Trinajstić information content (AvgIpc) is 1.88. The summed E-state index contributed by atoms with van der Waals surface area (Å²) < 4.78 is 4.83. The lowest BCUT2D eigenvalue weighted by molar-refractivity contribution is -0.136. The van der Waals surface area contributed by atoms with Gasteiger partial charge in [0.2, 0.25) is 0 Å². The number of hydrogen-bond acceptors (Lipinski definition) is 2. The lowest BCUT2D eigenvalue weighted by atomic mass is 10.2. The van der Waals surface area contributed by atoms with Crippen molar-refractivity contribution in [1.82, 2.24) is 0 Å². The second kappa shape index (κ2) is 3.20. The number of esters is 1. The van der Waals surface area contributed by atoms with Crippen molar-refractivity contribution < 1.29 is 9.53 Å². The zero-order valence-corrected chi connectivity index (χ0v) is 5.96. The van der Waals surface area contributed by atoms with E-state index >= 15 is 0 Å². The van der Waals surface area contributed by atoms with Crippen molar-refractivity contribution in [3.05, 3.63) is 24.0 Å². The van der Waals surface area contributed by atoms with Crippen LogP contribution in [0.4, 0.5) is 0 Å². The monoisotopic (exact) mass is 138 g/mol. The SMILES string of the molecule is CC(=O)OC1=CCCC=C1. The predicted molar refractivity (Wildman–Crippen MR) is 38.2 cm³/mol. The highest BCUT2D eigenvalue weighted by Gasteiger charge is 1.99. The number of hydrogen-bond donors (Lipinski definition) is 0. The first-order valence-corrected chi connectivity index (χ1v) is 3.34. The summed E-state index contributed by atoms with van der Waals surface area (Å²) in [6.07, 6.45) is 7.76. The smallest absolute Gasteiger partial charge is 0.308 e. The Morgan fingerprint density at radius 1 is 1.60 bits per heavy atom. The Morgan fingerprint density at radius 2 is 2.40 bits per heavy atom. The van der Waals surface area contributed by atoms with Crippen LogP contribution in [0.1, 0.15) is 19.8 Å². The van der Waals surface area contributed by atoms with Crippen LogP contribution in [-0.2, 0) is 9.53 Å². The molecule has 0 N–H and O–H groups in total. The van der Waals surface area contributed by atoms with Gasteiger partial charge in [-0.3, -0.25) is 4.79 Å². The number of rotatable bonds is 1. The first-order chi connectivity index (χ1) is 4.79. The zero-order chi connectivity index (χ0) is 7.40. The number of allylic oxidation sites excluding steroid dienone is 3. The van der Waals surface area contributed by atoms with Crippen LogP contribution in [0.15, 0.2) is 24.0 Å². The topological polar surface area (TPSA) is 26.3 Å². The van der Waals surface area contributed by atoms with Crippen molar-refractivity contribution in [1.29, 1.82) is 0 Å². The van der Waals surface area contributed by atoms with E-state index in [1.165, 1.54) is 6.92 Å². The highest BCUT2D eigenvalue weighted by molar-refractivity contribution is 5.67. The second-order valence-corrected chi connectivity index (χ2v) is 2.18. The molecule has 54 valence electrons. The Morgan fingerprint density at radius 3 is 2.90 bits per heavy atom. The molecular formula is C8H10O2. The normalized spacial score (nSPS) is 16.3. The van der Waals surface area contributed by atoms with E-state index < -0.39 is 0 Å². The number of carbonyl (C=O) groups excluding carboxylic acids is 1. The van der Waals surface area contributed by atoms with E-state index in [0.717, 1.165) is 12.8 Å². The summed E-state index contributed by atoms with van der Waals surface area (Å²) in [4.78, 5) is 10.4. The first-order valence-electron chi connectivity index (χ1n) is 3.34. The van der Waals surface area contributed by atoms with Crippen LogP contribution >= 0.6 is 0 Å². The van der Waals surface area contributed by atoms with E-state index in [-0.39, 0.29) is 5.97 Å². The van der Waals surface area contributed by atoms with E-state index in [0.29, 0.717) is 5.76 Å². The number of ether oxygens (including phenoxy) is 1. The van der Waals surface area contributed by atoms with Crippen LogP contribution in [0.2, 0.25) is 0 Å². The van der Waals surface area contributed by atoms with Crippen LogP contribution in [0, 0.1) is 0 Å². The minimum absolute atomic E-state index is 0.252. The minimum atomic E-state index is -0.252. The van der Waals surface area contributed by atoms with Gasteiger partial charge >= 0.3 is 5.97 Å². The Labute approximate surface area is 60.2 Å². The molecule has 0 spiro atoms. The first kappa shape index (κ1) is 7.06. The molecule has 0 saturated carbocycles. The standard InChI is InChI=1S/C8H10O2/c1-7(9)10-8-5-3-2-4-6-8/h3,5-6H,2,4H2,1H3. The van der Waals surface area contributed by atoms with Crippen LogP contribution in [0.5, 0.6) is 0 Å². The molecule has 0 radical (unpaired) electrons. The molecule has 2 nitrogen and oxygen atoms in total. The van der Waals surface area contributed by atoms with Crippen molar-refractivity contribution in [3.8, 4) is 0 Å². The molecule has 0 aliphatic heterocycles. The fourth-order valence-electron chi connectivity index (χ4n) is 0.831. The van der Waals surface area contributed by atoms with E-state index in [2.05, 4.69) is 0 Å². The van der Waals surface area contributed by atoms with E-state index in [1.54, 1.807) is 0 Å². The molecule has 0 atom stereocenters. The van der Waals surface area contributed by atoms with Gasteiger partial charge in [-0.15, -0.1) is 0 Å². The van der Waals surface area contributed by atoms with Gasteiger partial charge in [-0.25, -0.2) is 0 Å². The van der Waals surface area contributed by atoms with E-state index in [4.69, 9.17) is 4.74 Å². The van der Waals surface area contributed by atoms with Crippen LogP contribution in [0.3, 0.4) is 0 Å². The Hall–Kier alpha value is -1.05. The molecule has 0 aromatic heterocycles. The number of carbonyl (C=O) groups is 1. The maximum absolute atomic E-state index is 10.4. The minimum Gasteiger partial charge on any atom is -0.427 e. The maximum atomic E-state index is 10.4. The molecule has 1 aliphatic rings. The van der Waals surface area contributed by atoms with Gasteiger partial charge < -0.3 is 4.74 Å². The maximum Gasteiger partial charge on any atom is 0.308 e. The van der Waals surface area contributed by atoms with E-state index in [9.17, 15) is 4.79 Å². The highest BCUT2D eigenvalue weighted by Crippen LogP contribution is 2.10. The van der Waals surface area contributed by atoms with Crippen molar-refractivity contribution in [2.24, 2.45) is 0 Å². The molecule has 0 unspecified atom stereocenters. The third-order valence-corrected chi connectivity index (χ3v) is 1.22. The van der Waals surface area contributed by atoms with Gasteiger partial charge in [0.1, 0.15) is 5.76 Å². The van der Waals surface area contributed by atoms with Gasteiger partial charge in [0, 0.05) is 6.92 Å². The highest BCUT2D eigenvalue weighted by atomic mass is 16.5. The van der Waals surface area contributed by atoms with Gasteiger partial charge in [-0.2, -0.15) is 0 Å². The molecule has 10 heavy (non-hydrogen) atoms. The van der Waals surface area contributed by atoms with Crippen molar-refractivity contribution in [2.45, 2.75) is 19.8 Å². The molecule has 0 bridgehead atoms. The lowest BCUT2D eigenvalue weighted by Crippen LogP contribution is -1.98. The third-order valence-electron chi connectivity index (χ3n) is 1.22. The van der Waals surface area contributed by atoms with Gasteiger partial charge in [-0.05, 0) is 25.0 Å². The van der Waals surface area contributed by atoms with Gasteiger partial charge in [0.05, 0.1) is 0 Å². The summed E-state index contributed by atoms with van der Waals surface area (Å²) in [5, 5.41) is 0. The summed E-state index contributed by atoms with van der Waals surface area (Å²) in [6, 6.07) is 0. The van der Waals surface area contributed by atoms with Crippen LogP contribution in [0.25, 0.3) is 0 Å². The Balaban J connectivity index is 2.48. The fraction of sp³-hybridized carbons (Fsp3) is 0.375. The van der Waals surface area contributed by atoms with E-state index in [1.807, 2.05) is 18.2 Å². The van der Waals surface area contributed by atoms with Crippen molar-refractivity contribution in [3.63, 3.8) is 0 Å². The van der Waals surface area contributed by atoms with Crippen molar-refractivity contribution >= 4 is 5.97 Å².